The standard InChI is InChI=1S/C10H12F3N3O5/c11-10(12,13)3-1-16(9(20)15-7(3)14)8-6(19)5(18)4(2-17)21-8/h1,4-6,8,17-19H,2H2,(H2,14,15,20)/t4-,5+,6+,8-/m1/s1. The first-order valence-corrected chi connectivity index (χ1v) is 5.75. The number of alkyl halides is 3. The summed E-state index contributed by atoms with van der Waals surface area (Å²) in [5, 5.41) is 28.2. The van der Waals surface area contributed by atoms with E-state index in [1.807, 2.05) is 0 Å². The third kappa shape index (κ3) is 2.72. The fourth-order valence-corrected chi connectivity index (χ4v) is 1.99. The van der Waals surface area contributed by atoms with Gasteiger partial charge in [0.2, 0.25) is 0 Å². The van der Waals surface area contributed by atoms with Gasteiger partial charge in [0.25, 0.3) is 0 Å². The lowest BCUT2D eigenvalue weighted by Gasteiger charge is -2.19. The molecule has 118 valence electrons. The van der Waals surface area contributed by atoms with Crippen LogP contribution >= 0.6 is 0 Å². The molecular weight excluding hydrogens is 299 g/mol. The maximum absolute atomic E-state index is 12.7. The second kappa shape index (κ2) is 5.26. The number of hydrogen-bond donors (Lipinski definition) is 4. The SMILES string of the molecule is Nc1nc(=O)n([C@@H]2O[C@H](CO)[C@H](O)[C@@H]2O)cc1C(F)(F)F. The highest BCUT2D eigenvalue weighted by atomic mass is 19.4. The Bertz CT molecular complexity index is 590. The van der Waals surface area contributed by atoms with Crippen LogP contribution in [0.5, 0.6) is 0 Å². The second-order valence-corrected chi connectivity index (χ2v) is 4.46. The highest BCUT2D eigenvalue weighted by Crippen LogP contribution is 2.34. The number of aliphatic hydroxyl groups is 3. The van der Waals surface area contributed by atoms with Gasteiger partial charge in [0.15, 0.2) is 6.23 Å². The molecule has 0 amide bonds. The van der Waals surface area contributed by atoms with Crippen LogP contribution in [0.25, 0.3) is 0 Å². The summed E-state index contributed by atoms with van der Waals surface area (Å²) >= 11 is 0. The van der Waals surface area contributed by atoms with E-state index in [2.05, 4.69) is 4.98 Å². The molecule has 21 heavy (non-hydrogen) atoms. The summed E-state index contributed by atoms with van der Waals surface area (Å²) in [5.74, 6) is -1.00. The average molecular weight is 311 g/mol. The highest BCUT2D eigenvalue weighted by molar-refractivity contribution is 5.39. The van der Waals surface area contributed by atoms with Crippen LogP contribution in [0, 0.1) is 0 Å². The van der Waals surface area contributed by atoms with E-state index in [-0.39, 0.29) is 0 Å². The summed E-state index contributed by atoms with van der Waals surface area (Å²) in [6.45, 7) is -0.683. The van der Waals surface area contributed by atoms with E-state index < -0.39 is 54.4 Å². The van der Waals surface area contributed by atoms with Crippen LogP contribution in [0.15, 0.2) is 11.0 Å². The molecule has 1 fully saturated rings. The van der Waals surface area contributed by atoms with Crippen molar-refractivity contribution in [1.29, 1.82) is 0 Å². The summed E-state index contributed by atoms with van der Waals surface area (Å²) in [6.07, 6.45) is -10.6. The predicted molar refractivity (Wildman–Crippen MR) is 60.9 cm³/mol. The van der Waals surface area contributed by atoms with Crippen molar-refractivity contribution in [2.75, 3.05) is 12.3 Å². The Balaban J connectivity index is 2.48. The zero-order valence-electron chi connectivity index (χ0n) is 10.4. The van der Waals surface area contributed by atoms with Crippen molar-refractivity contribution in [2.45, 2.75) is 30.7 Å². The van der Waals surface area contributed by atoms with E-state index in [1.165, 1.54) is 0 Å². The molecule has 0 aliphatic carbocycles. The number of ether oxygens (including phenoxy) is 1. The molecule has 0 unspecified atom stereocenters. The van der Waals surface area contributed by atoms with E-state index in [0.29, 0.717) is 10.8 Å². The molecule has 11 heteroatoms. The average Bonchev–Trinajstić information content (AvgIpc) is 2.65. The largest absolute Gasteiger partial charge is 0.421 e. The number of anilines is 1. The van der Waals surface area contributed by atoms with Gasteiger partial charge in [0.05, 0.1) is 6.61 Å². The number of aliphatic hydroxyl groups excluding tert-OH is 3. The molecule has 0 bridgehead atoms. The van der Waals surface area contributed by atoms with Crippen molar-refractivity contribution >= 4 is 5.82 Å². The van der Waals surface area contributed by atoms with E-state index in [0.717, 1.165) is 0 Å². The quantitative estimate of drug-likeness (QED) is 0.520. The molecule has 1 saturated heterocycles. The molecule has 0 saturated carbocycles. The molecule has 0 radical (unpaired) electrons. The minimum Gasteiger partial charge on any atom is -0.394 e. The molecule has 5 N–H and O–H groups in total. The van der Waals surface area contributed by atoms with Crippen LogP contribution in [-0.4, -0.2) is 49.8 Å². The molecule has 0 aromatic carbocycles. The van der Waals surface area contributed by atoms with Crippen molar-refractivity contribution in [3.63, 3.8) is 0 Å². The Morgan fingerprint density at radius 3 is 2.48 bits per heavy atom. The smallest absolute Gasteiger partial charge is 0.394 e. The second-order valence-electron chi connectivity index (χ2n) is 4.46. The molecule has 1 aromatic rings. The van der Waals surface area contributed by atoms with Crippen molar-refractivity contribution in [3.8, 4) is 0 Å². The Morgan fingerprint density at radius 1 is 1.38 bits per heavy atom. The molecule has 1 aliphatic heterocycles. The fraction of sp³-hybridized carbons (Fsp3) is 0.600. The number of nitrogens with two attached hydrogens (primary N) is 1. The first-order valence-electron chi connectivity index (χ1n) is 5.75. The Hall–Kier alpha value is -1.69. The Labute approximate surface area is 115 Å². The molecule has 1 aliphatic rings. The number of nitrogen functional groups attached to an aromatic ring is 1. The van der Waals surface area contributed by atoms with Gasteiger partial charge in [-0.2, -0.15) is 18.2 Å². The van der Waals surface area contributed by atoms with E-state index in [9.17, 15) is 28.2 Å². The number of rotatable bonds is 2. The number of halogens is 3. The van der Waals surface area contributed by atoms with Gasteiger partial charge in [-0.25, -0.2) is 4.79 Å². The zero-order chi connectivity index (χ0) is 15.9. The molecule has 0 spiro atoms. The van der Waals surface area contributed by atoms with E-state index in [1.54, 1.807) is 0 Å². The number of aromatic nitrogens is 2. The van der Waals surface area contributed by atoms with Crippen molar-refractivity contribution in [1.82, 2.24) is 9.55 Å². The van der Waals surface area contributed by atoms with Crippen LogP contribution in [0.3, 0.4) is 0 Å². The van der Waals surface area contributed by atoms with E-state index >= 15 is 0 Å². The molecular formula is C10H12F3N3O5. The molecule has 4 atom stereocenters. The van der Waals surface area contributed by atoms with Gasteiger partial charge in [-0.3, -0.25) is 4.57 Å². The summed E-state index contributed by atoms with van der Waals surface area (Å²) < 4.78 is 43.6. The van der Waals surface area contributed by atoms with Crippen LogP contribution < -0.4 is 11.4 Å². The normalized spacial score (nSPS) is 29.8. The fourth-order valence-electron chi connectivity index (χ4n) is 1.99. The summed E-state index contributed by atoms with van der Waals surface area (Å²) in [5.41, 5.74) is 2.49. The molecule has 8 nitrogen and oxygen atoms in total. The molecule has 2 heterocycles. The summed E-state index contributed by atoms with van der Waals surface area (Å²) in [7, 11) is 0. The maximum Gasteiger partial charge on any atom is 0.421 e. The van der Waals surface area contributed by atoms with Crippen molar-refractivity contribution < 1.29 is 33.2 Å². The van der Waals surface area contributed by atoms with Gasteiger partial charge >= 0.3 is 11.9 Å². The van der Waals surface area contributed by atoms with Crippen molar-refractivity contribution in [3.05, 3.63) is 22.2 Å². The van der Waals surface area contributed by atoms with Crippen LogP contribution in [0.2, 0.25) is 0 Å². The van der Waals surface area contributed by atoms with Gasteiger partial charge in [0, 0.05) is 6.20 Å². The third-order valence-corrected chi connectivity index (χ3v) is 3.08. The lowest BCUT2D eigenvalue weighted by Crippen LogP contribution is -2.37. The van der Waals surface area contributed by atoms with Gasteiger partial charge in [-0.05, 0) is 0 Å². The van der Waals surface area contributed by atoms with Gasteiger partial charge in [-0.1, -0.05) is 0 Å². The maximum atomic E-state index is 12.7. The van der Waals surface area contributed by atoms with Gasteiger partial charge in [-0.15, -0.1) is 0 Å². The molecule has 2 rings (SSSR count). The summed E-state index contributed by atoms with van der Waals surface area (Å²) in [6, 6.07) is 0. The number of hydrogen-bond acceptors (Lipinski definition) is 7. The predicted octanol–water partition coefficient (Wildman–Crippen LogP) is -1.54. The van der Waals surface area contributed by atoms with Crippen LogP contribution in [0.4, 0.5) is 19.0 Å². The van der Waals surface area contributed by atoms with Crippen molar-refractivity contribution in [2.24, 2.45) is 0 Å². The Kier molecular flexibility index (Phi) is 3.93. The Morgan fingerprint density at radius 2 is 2.00 bits per heavy atom. The number of nitrogens with zero attached hydrogens (tertiary/aromatic N) is 2. The first-order chi connectivity index (χ1) is 9.66. The van der Waals surface area contributed by atoms with E-state index in [4.69, 9.17) is 15.6 Å². The first kappa shape index (κ1) is 15.7. The van der Waals surface area contributed by atoms with Gasteiger partial charge in [0.1, 0.15) is 29.7 Å². The highest BCUT2D eigenvalue weighted by Gasteiger charge is 2.45. The molecule has 1 aromatic heterocycles. The van der Waals surface area contributed by atoms with Crippen LogP contribution in [-0.2, 0) is 10.9 Å². The zero-order valence-corrected chi connectivity index (χ0v) is 10.4. The monoisotopic (exact) mass is 311 g/mol. The van der Waals surface area contributed by atoms with Crippen LogP contribution in [0.1, 0.15) is 11.8 Å². The van der Waals surface area contributed by atoms with Gasteiger partial charge < -0.3 is 25.8 Å². The topological polar surface area (TPSA) is 131 Å². The lowest BCUT2D eigenvalue weighted by molar-refractivity contribution is -0.138. The summed E-state index contributed by atoms with van der Waals surface area (Å²) in [4.78, 5) is 14.6. The lowest BCUT2D eigenvalue weighted by atomic mass is 10.1. The third-order valence-electron chi connectivity index (χ3n) is 3.08. The minimum absolute atomic E-state index is 0.352. The minimum atomic E-state index is -4.86.